The maximum Gasteiger partial charge on any atom is 0.231 e. The van der Waals surface area contributed by atoms with Gasteiger partial charge in [0, 0.05) is 13.1 Å². The van der Waals surface area contributed by atoms with Gasteiger partial charge in [-0.1, -0.05) is 6.07 Å². The van der Waals surface area contributed by atoms with Crippen LogP contribution in [0.25, 0.3) is 0 Å². The lowest BCUT2D eigenvalue weighted by Crippen LogP contribution is -2.50. The summed E-state index contributed by atoms with van der Waals surface area (Å²) in [6.07, 6.45) is 2.83. The fraction of sp³-hybridized carbons (Fsp3) is 0.562. The molecule has 1 aromatic carbocycles. The van der Waals surface area contributed by atoms with Gasteiger partial charge in [0.1, 0.15) is 0 Å². The van der Waals surface area contributed by atoms with Crippen LogP contribution in [0.5, 0.6) is 11.5 Å². The number of hydrogen-bond donors (Lipinski definition) is 3. The van der Waals surface area contributed by atoms with Crippen LogP contribution < -0.4 is 20.1 Å². The fourth-order valence-corrected chi connectivity index (χ4v) is 2.56. The number of aliphatic hydroxyl groups is 1. The largest absolute Gasteiger partial charge is 0.454 e. The molecule has 6 nitrogen and oxygen atoms in total. The van der Waals surface area contributed by atoms with Crippen molar-refractivity contribution >= 4 is 29.9 Å². The zero-order valence-corrected chi connectivity index (χ0v) is 15.6. The summed E-state index contributed by atoms with van der Waals surface area (Å²) in [5.41, 5.74) is 0.499. The number of aliphatic imine (C=N–C) groups is 1. The minimum atomic E-state index is -0.561. The van der Waals surface area contributed by atoms with Crippen LogP contribution in [0.1, 0.15) is 31.7 Å². The molecule has 1 aromatic rings. The summed E-state index contributed by atoms with van der Waals surface area (Å²) >= 11 is 0. The highest BCUT2D eigenvalue weighted by atomic mass is 127. The molecule has 3 N–H and O–H groups in total. The summed E-state index contributed by atoms with van der Waals surface area (Å²) in [6.45, 7) is 4.18. The van der Waals surface area contributed by atoms with Crippen LogP contribution in [0.3, 0.4) is 0 Å². The molecule has 1 aliphatic heterocycles. The van der Waals surface area contributed by atoms with E-state index in [9.17, 15) is 5.11 Å². The smallest absolute Gasteiger partial charge is 0.231 e. The number of nitrogens with one attached hydrogen (secondary N) is 2. The first-order valence-corrected chi connectivity index (χ1v) is 7.82. The number of fused-ring (bicyclic) bond motifs is 1. The molecule has 7 heteroatoms. The Hall–Kier alpha value is -1.22. The second-order valence-electron chi connectivity index (χ2n) is 5.81. The van der Waals surface area contributed by atoms with Crippen molar-refractivity contribution in [2.45, 2.75) is 38.3 Å². The molecular formula is C16H24IN3O3. The van der Waals surface area contributed by atoms with Crippen molar-refractivity contribution in [1.82, 2.24) is 10.6 Å². The Kier molecular flexibility index (Phi) is 6.34. The average Bonchev–Trinajstić information content (AvgIpc) is 2.95. The van der Waals surface area contributed by atoms with Crippen LogP contribution >= 0.6 is 24.0 Å². The molecule has 0 aromatic heterocycles. The van der Waals surface area contributed by atoms with E-state index < -0.39 is 5.60 Å². The van der Waals surface area contributed by atoms with Gasteiger partial charge in [0.25, 0.3) is 0 Å². The van der Waals surface area contributed by atoms with E-state index in [0.29, 0.717) is 13.1 Å². The first-order valence-electron chi connectivity index (χ1n) is 7.82. The molecule has 2 aliphatic rings. The predicted molar refractivity (Wildman–Crippen MR) is 99.6 cm³/mol. The molecule has 3 rings (SSSR count). The first-order chi connectivity index (χ1) is 10.7. The number of guanidine groups is 1. The molecule has 1 aliphatic carbocycles. The topological polar surface area (TPSA) is 75.1 Å². The highest BCUT2D eigenvalue weighted by Gasteiger charge is 2.34. The molecule has 1 fully saturated rings. The molecule has 23 heavy (non-hydrogen) atoms. The molecule has 0 bridgehead atoms. The standard InChI is InChI=1S/C16H23N3O3.HI/c1-2-17-15(19-10-16(20)6-3-7-16)18-9-12-4-5-13-14(8-12)22-11-21-13;/h4-5,8,20H,2-3,6-7,9-11H2,1H3,(H2,17,18,19);1H. The SMILES string of the molecule is CCNC(=NCc1ccc2c(c1)OCO2)NCC1(O)CCC1.I. The first kappa shape index (κ1) is 18.1. The maximum atomic E-state index is 10.1. The minimum Gasteiger partial charge on any atom is -0.454 e. The van der Waals surface area contributed by atoms with Gasteiger partial charge in [-0.25, -0.2) is 4.99 Å². The Morgan fingerprint density at radius 2 is 2.04 bits per heavy atom. The van der Waals surface area contributed by atoms with Crippen molar-refractivity contribution in [2.75, 3.05) is 19.9 Å². The highest BCUT2D eigenvalue weighted by molar-refractivity contribution is 14.0. The number of benzene rings is 1. The monoisotopic (exact) mass is 433 g/mol. The van der Waals surface area contributed by atoms with Gasteiger partial charge in [0.15, 0.2) is 17.5 Å². The van der Waals surface area contributed by atoms with Gasteiger partial charge < -0.3 is 25.2 Å². The predicted octanol–water partition coefficient (Wildman–Crippen LogP) is 2.00. The lowest BCUT2D eigenvalue weighted by Gasteiger charge is -2.36. The summed E-state index contributed by atoms with van der Waals surface area (Å²) in [7, 11) is 0. The van der Waals surface area contributed by atoms with Crippen LogP contribution in [-0.2, 0) is 6.54 Å². The van der Waals surface area contributed by atoms with Crippen LogP contribution in [0.4, 0.5) is 0 Å². The molecule has 128 valence electrons. The number of halogens is 1. The molecule has 0 spiro atoms. The summed E-state index contributed by atoms with van der Waals surface area (Å²) in [5, 5.41) is 16.6. The lowest BCUT2D eigenvalue weighted by atomic mass is 9.80. The third kappa shape index (κ3) is 4.63. The zero-order chi connectivity index (χ0) is 15.4. The van der Waals surface area contributed by atoms with E-state index in [4.69, 9.17) is 9.47 Å². The van der Waals surface area contributed by atoms with Gasteiger partial charge in [0.05, 0.1) is 12.1 Å². The molecular weight excluding hydrogens is 409 g/mol. The van der Waals surface area contributed by atoms with E-state index in [1.54, 1.807) is 0 Å². The Balaban J connectivity index is 0.00000192. The average molecular weight is 433 g/mol. The Bertz CT molecular complexity index is 562. The number of nitrogens with zero attached hydrogens (tertiary/aromatic N) is 1. The van der Waals surface area contributed by atoms with Gasteiger partial charge in [-0.2, -0.15) is 0 Å². The van der Waals surface area contributed by atoms with E-state index >= 15 is 0 Å². The molecule has 0 unspecified atom stereocenters. The van der Waals surface area contributed by atoms with Gasteiger partial charge in [0.2, 0.25) is 6.79 Å². The number of hydrogen-bond acceptors (Lipinski definition) is 4. The third-order valence-electron chi connectivity index (χ3n) is 4.07. The molecule has 0 atom stereocenters. The lowest BCUT2D eigenvalue weighted by molar-refractivity contribution is -0.0279. The molecule has 1 heterocycles. The number of rotatable bonds is 5. The van der Waals surface area contributed by atoms with Crippen LogP contribution in [0, 0.1) is 0 Å². The van der Waals surface area contributed by atoms with Gasteiger partial charge in [-0.15, -0.1) is 24.0 Å². The third-order valence-corrected chi connectivity index (χ3v) is 4.07. The van der Waals surface area contributed by atoms with Crippen molar-refractivity contribution in [3.05, 3.63) is 23.8 Å². The normalized spacial score (nSPS) is 17.9. The molecule has 0 saturated heterocycles. The van der Waals surface area contributed by atoms with Crippen LogP contribution in [-0.4, -0.2) is 36.5 Å². The van der Waals surface area contributed by atoms with Gasteiger partial charge in [-0.3, -0.25) is 0 Å². The van der Waals surface area contributed by atoms with Gasteiger partial charge >= 0.3 is 0 Å². The number of ether oxygens (including phenoxy) is 2. The van der Waals surface area contributed by atoms with E-state index in [1.165, 1.54) is 0 Å². The van der Waals surface area contributed by atoms with Crippen molar-refractivity contribution in [3.63, 3.8) is 0 Å². The second-order valence-corrected chi connectivity index (χ2v) is 5.81. The van der Waals surface area contributed by atoms with Gasteiger partial charge in [-0.05, 0) is 43.9 Å². The summed E-state index contributed by atoms with van der Waals surface area (Å²) < 4.78 is 10.7. The van der Waals surface area contributed by atoms with Crippen molar-refractivity contribution in [3.8, 4) is 11.5 Å². The molecule has 0 radical (unpaired) electrons. The fourth-order valence-electron chi connectivity index (χ4n) is 2.56. The Morgan fingerprint density at radius 1 is 1.26 bits per heavy atom. The molecule has 0 amide bonds. The highest BCUT2D eigenvalue weighted by Crippen LogP contribution is 2.32. The van der Waals surface area contributed by atoms with E-state index in [2.05, 4.69) is 15.6 Å². The van der Waals surface area contributed by atoms with Crippen molar-refractivity contribution in [2.24, 2.45) is 4.99 Å². The molecule has 1 saturated carbocycles. The van der Waals surface area contributed by atoms with E-state index in [-0.39, 0.29) is 30.8 Å². The van der Waals surface area contributed by atoms with Crippen molar-refractivity contribution in [1.29, 1.82) is 0 Å². The van der Waals surface area contributed by atoms with Crippen LogP contribution in [0.2, 0.25) is 0 Å². The summed E-state index contributed by atoms with van der Waals surface area (Å²) in [5.74, 6) is 2.28. The zero-order valence-electron chi connectivity index (χ0n) is 13.3. The minimum absolute atomic E-state index is 0. The van der Waals surface area contributed by atoms with Crippen molar-refractivity contribution < 1.29 is 14.6 Å². The Morgan fingerprint density at radius 3 is 2.74 bits per heavy atom. The van der Waals surface area contributed by atoms with Crippen LogP contribution in [0.15, 0.2) is 23.2 Å². The summed E-state index contributed by atoms with van der Waals surface area (Å²) in [6, 6.07) is 5.85. The quantitative estimate of drug-likeness (QED) is 0.377. The van der Waals surface area contributed by atoms with E-state index in [0.717, 1.165) is 48.8 Å². The Labute approximate surface area is 153 Å². The second kappa shape index (κ2) is 8.05. The summed E-state index contributed by atoms with van der Waals surface area (Å²) in [4.78, 5) is 4.56. The van der Waals surface area contributed by atoms with E-state index in [1.807, 2.05) is 25.1 Å². The maximum absolute atomic E-state index is 10.1.